The monoisotopic (exact) mass is 321 g/mol. The van der Waals surface area contributed by atoms with Crippen molar-refractivity contribution in [3.8, 4) is 0 Å². The molecule has 1 atom stereocenters. The maximum Gasteiger partial charge on any atom is 0.328 e. The highest BCUT2D eigenvalue weighted by Crippen LogP contribution is 2.47. The molecule has 9 heteroatoms. The van der Waals surface area contributed by atoms with Crippen LogP contribution in [0.2, 0.25) is 10.0 Å². The third-order valence-corrected chi connectivity index (χ3v) is 3.51. The lowest BCUT2D eigenvalue weighted by atomic mass is 10.2. The number of carboxylic acids is 1. The van der Waals surface area contributed by atoms with Gasteiger partial charge in [0.15, 0.2) is 0 Å². The normalized spacial score (nSPS) is 13.8. The fraction of sp³-hybridized carbons (Fsp3) is 0.300. The summed E-state index contributed by atoms with van der Waals surface area (Å²) in [5.41, 5.74) is 1.32. The van der Waals surface area contributed by atoms with E-state index in [9.17, 15) is 4.79 Å². The summed E-state index contributed by atoms with van der Waals surface area (Å²) in [4.78, 5) is 11.1. The van der Waals surface area contributed by atoms with Crippen LogP contribution in [0.3, 0.4) is 0 Å². The molecule has 0 aromatic heterocycles. The smallest absolute Gasteiger partial charge is 0.328 e. The lowest BCUT2D eigenvalue weighted by Gasteiger charge is -2.17. The quantitative estimate of drug-likeness (QED) is 0.885. The van der Waals surface area contributed by atoms with E-state index in [4.69, 9.17) is 33.0 Å². The molecule has 2 N–H and O–H groups in total. The largest absolute Gasteiger partial charge is 0.480 e. The van der Waals surface area contributed by atoms with E-state index in [1.807, 2.05) is 0 Å². The summed E-state index contributed by atoms with van der Waals surface area (Å²) < 4.78 is 13.0. The molecule has 0 saturated carbocycles. The highest BCUT2D eigenvalue weighted by molar-refractivity contribution is 7.58. The molecule has 0 bridgehead atoms. The number of rotatable bonds is 5. The lowest BCUT2D eigenvalue weighted by molar-refractivity contribution is -0.139. The average molecular weight is 322 g/mol. The molecule has 6 nitrogen and oxygen atoms in total. The number of nitrogens with one attached hydrogen (secondary N) is 1. The van der Waals surface area contributed by atoms with Crippen LogP contribution in [0.15, 0.2) is 14.8 Å². The first-order valence-electron chi connectivity index (χ1n) is 5.13. The Labute approximate surface area is 122 Å². The van der Waals surface area contributed by atoms with Crippen LogP contribution < -0.4 is 5.32 Å². The van der Waals surface area contributed by atoms with Gasteiger partial charge < -0.3 is 15.2 Å². The zero-order valence-electron chi connectivity index (χ0n) is 9.68. The summed E-state index contributed by atoms with van der Waals surface area (Å²) in [5.74, 6) is -1.05. The van der Waals surface area contributed by atoms with E-state index in [1.165, 1.54) is 13.2 Å². The van der Waals surface area contributed by atoms with Crippen molar-refractivity contribution in [3.05, 3.63) is 16.1 Å². The van der Waals surface area contributed by atoms with Gasteiger partial charge in [0.05, 0.1) is 33.7 Å². The Morgan fingerprint density at radius 3 is 2.79 bits per heavy atom. The number of nitrogens with zero attached hydrogens (tertiary/aromatic N) is 2. The molecular weight excluding hydrogens is 313 g/mol. The summed E-state index contributed by atoms with van der Waals surface area (Å²) in [5, 5.41) is 12.5. The number of methoxy groups -OCH3 is 1. The molecule has 1 aromatic rings. The van der Waals surface area contributed by atoms with Crippen LogP contribution in [0.25, 0.3) is 0 Å². The maximum absolute atomic E-state index is 11.1. The summed E-state index contributed by atoms with van der Waals surface area (Å²) >= 11 is 13.0. The summed E-state index contributed by atoms with van der Waals surface area (Å²) in [6, 6.07) is 0.564. The van der Waals surface area contributed by atoms with Gasteiger partial charge >= 0.3 is 5.97 Å². The minimum Gasteiger partial charge on any atom is -0.480 e. The first-order chi connectivity index (χ1) is 9.04. The van der Waals surface area contributed by atoms with Gasteiger partial charge in [0, 0.05) is 7.11 Å². The Hall–Kier alpha value is -1.15. The van der Waals surface area contributed by atoms with Gasteiger partial charge in [0.25, 0.3) is 0 Å². The van der Waals surface area contributed by atoms with Gasteiger partial charge in [0.1, 0.15) is 17.4 Å². The van der Waals surface area contributed by atoms with Crippen molar-refractivity contribution in [2.75, 3.05) is 19.0 Å². The van der Waals surface area contributed by atoms with E-state index < -0.39 is 12.0 Å². The molecule has 102 valence electrons. The fourth-order valence-electron chi connectivity index (χ4n) is 1.53. The van der Waals surface area contributed by atoms with Gasteiger partial charge in [-0.15, -0.1) is 0 Å². The van der Waals surface area contributed by atoms with E-state index in [-0.39, 0.29) is 11.6 Å². The number of hydrogen-bond donors (Lipinski definition) is 2. The first kappa shape index (κ1) is 14.3. The topological polar surface area (TPSA) is 83.3 Å². The molecule has 0 aliphatic carbocycles. The van der Waals surface area contributed by atoms with Gasteiger partial charge in [-0.25, -0.2) is 4.79 Å². The Kier molecular flexibility index (Phi) is 4.41. The molecule has 0 radical (unpaired) electrons. The van der Waals surface area contributed by atoms with Crippen LogP contribution >= 0.6 is 23.2 Å². The van der Waals surface area contributed by atoms with Crippen molar-refractivity contribution in [1.82, 2.24) is 0 Å². The molecule has 1 aliphatic rings. The standard InChI is InChI=1S/C10H9Cl2N3O3S/c1-18-3-6(10(16)17)13-7-4(11)2-5(12)8-9(7)15-19-14-8/h2,6,13H,3H2,1H3,(H,16,17). The van der Waals surface area contributed by atoms with E-state index in [0.29, 0.717) is 22.1 Å². The van der Waals surface area contributed by atoms with Crippen molar-refractivity contribution < 1.29 is 14.6 Å². The van der Waals surface area contributed by atoms with Gasteiger partial charge in [-0.05, 0) is 6.07 Å². The minimum atomic E-state index is -1.05. The zero-order valence-corrected chi connectivity index (χ0v) is 12.0. The molecule has 0 fully saturated rings. The number of carboxylic acid groups (broad SMARTS) is 1. The van der Waals surface area contributed by atoms with Crippen LogP contribution in [0, 0.1) is 0 Å². The second kappa shape index (κ2) is 5.87. The minimum absolute atomic E-state index is 0.00660. The Morgan fingerprint density at radius 2 is 2.16 bits per heavy atom. The molecule has 1 unspecified atom stereocenters. The number of benzene rings is 1. The molecular formula is C10H9Cl2N3O3S. The maximum atomic E-state index is 11.1. The Balaban J connectivity index is 2.38. The van der Waals surface area contributed by atoms with Crippen molar-refractivity contribution in [1.29, 1.82) is 0 Å². The Morgan fingerprint density at radius 1 is 1.47 bits per heavy atom. The average Bonchev–Trinajstić information content (AvgIpc) is 2.82. The highest BCUT2D eigenvalue weighted by atomic mass is 35.5. The number of aliphatic carboxylic acids is 1. The highest BCUT2D eigenvalue weighted by Gasteiger charge is 2.24. The fourth-order valence-corrected chi connectivity index (χ4v) is 2.69. The molecule has 1 aliphatic heterocycles. The van der Waals surface area contributed by atoms with Crippen LogP contribution in [-0.2, 0) is 20.9 Å². The number of halogens is 2. The van der Waals surface area contributed by atoms with Crippen molar-refractivity contribution in [2.45, 2.75) is 6.04 Å². The number of fused-ring (bicyclic) bond motifs is 1. The molecule has 0 saturated heterocycles. The molecule has 0 amide bonds. The third kappa shape index (κ3) is 2.89. The van der Waals surface area contributed by atoms with Gasteiger partial charge in [-0.1, -0.05) is 23.2 Å². The number of anilines is 1. The second-order valence-electron chi connectivity index (χ2n) is 3.67. The van der Waals surface area contributed by atoms with Crippen LogP contribution in [-0.4, -0.2) is 30.8 Å². The molecule has 0 spiro atoms. The Bertz CT molecular complexity index is 602. The van der Waals surface area contributed by atoms with Crippen molar-refractivity contribution in [2.24, 2.45) is 8.73 Å². The van der Waals surface area contributed by atoms with Gasteiger partial charge in [-0.3, -0.25) is 0 Å². The van der Waals surface area contributed by atoms with Crippen LogP contribution in [0.5, 0.6) is 0 Å². The summed E-state index contributed by atoms with van der Waals surface area (Å²) in [6.07, 6.45) is 0. The van der Waals surface area contributed by atoms with E-state index in [1.54, 1.807) is 0 Å². The molecule has 19 heavy (non-hydrogen) atoms. The summed E-state index contributed by atoms with van der Waals surface area (Å²) in [7, 11) is 1.42. The van der Waals surface area contributed by atoms with Gasteiger partial charge in [0.2, 0.25) is 0 Å². The molecule has 1 aromatic carbocycles. The predicted octanol–water partition coefficient (Wildman–Crippen LogP) is 3.23. The van der Waals surface area contributed by atoms with E-state index >= 15 is 0 Å². The van der Waals surface area contributed by atoms with Crippen LogP contribution in [0.4, 0.5) is 17.1 Å². The lowest BCUT2D eigenvalue weighted by Crippen LogP contribution is -2.33. The van der Waals surface area contributed by atoms with E-state index in [2.05, 4.69) is 14.0 Å². The molecule has 1 heterocycles. The number of hydrogen-bond acceptors (Lipinski definition) is 5. The van der Waals surface area contributed by atoms with Crippen LogP contribution in [0.1, 0.15) is 0 Å². The summed E-state index contributed by atoms with van der Waals surface area (Å²) in [6.45, 7) is -0.00660. The van der Waals surface area contributed by atoms with E-state index in [0.717, 1.165) is 11.4 Å². The van der Waals surface area contributed by atoms with Gasteiger partial charge in [-0.2, -0.15) is 8.73 Å². The van der Waals surface area contributed by atoms with Crippen molar-refractivity contribution >= 4 is 57.6 Å². The number of ether oxygens (including phenoxy) is 1. The SMILES string of the molecule is COCC(Nc1c(Cl)cc(Cl)c2c1N=S=N2)C(=O)O. The zero-order chi connectivity index (χ0) is 14.0. The van der Waals surface area contributed by atoms with Crippen molar-refractivity contribution in [3.63, 3.8) is 0 Å². The molecule has 2 rings (SSSR count). The predicted molar refractivity (Wildman–Crippen MR) is 74.9 cm³/mol. The second-order valence-corrected chi connectivity index (χ2v) is 5.01. The third-order valence-electron chi connectivity index (χ3n) is 2.39. The number of carbonyl (C=O) groups is 1. The first-order valence-corrected chi connectivity index (χ1v) is 6.61.